The topological polar surface area (TPSA) is 82.5 Å². The molecule has 25 heavy (non-hydrogen) atoms. The number of amides is 1. The lowest BCUT2D eigenvalue weighted by Gasteiger charge is -2.41. The Morgan fingerprint density at radius 1 is 1.32 bits per heavy atom. The summed E-state index contributed by atoms with van der Waals surface area (Å²) in [6, 6.07) is 7.33. The highest BCUT2D eigenvalue weighted by Gasteiger charge is 2.36. The van der Waals surface area contributed by atoms with Crippen molar-refractivity contribution in [3.8, 4) is 0 Å². The van der Waals surface area contributed by atoms with E-state index in [1.165, 1.54) is 4.90 Å². The number of anilines is 1. The summed E-state index contributed by atoms with van der Waals surface area (Å²) in [6.07, 6.45) is 4.82. The van der Waals surface area contributed by atoms with E-state index in [2.05, 4.69) is 19.9 Å². The number of nitrogens with zero attached hydrogens (tertiary/aromatic N) is 5. The molecule has 3 heterocycles. The molecule has 132 valence electrons. The molecule has 1 fully saturated rings. The van der Waals surface area contributed by atoms with Crippen LogP contribution in [0.3, 0.4) is 0 Å². The first-order valence-corrected chi connectivity index (χ1v) is 8.40. The maximum absolute atomic E-state index is 12.6. The molecule has 1 aliphatic rings. The van der Waals surface area contributed by atoms with E-state index in [4.69, 9.17) is 0 Å². The molecule has 0 aromatic carbocycles. The third kappa shape index (κ3) is 4.11. The number of pyridine rings is 1. The van der Waals surface area contributed by atoms with Gasteiger partial charge in [-0.3, -0.25) is 4.79 Å². The highest BCUT2D eigenvalue weighted by molar-refractivity contribution is 5.92. The van der Waals surface area contributed by atoms with Gasteiger partial charge < -0.3 is 14.9 Å². The van der Waals surface area contributed by atoms with Crippen LogP contribution >= 0.6 is 0 Å². The van der Waals surface area contributed by atoms with Crippen LogP contribution in [0.25, 0.3) is 0 Å². The van der Waals surface area contributed by atoms with Crippen molar-refractivity contribution in [2.75, 3.05) is 31.6 Å². The normalized spacial score (nSPS) is 20.4. The van der Waals surface area contributed by atoms with Crippen molar-refractivity contribution in [2.24, 2.45) is 0 Å². The summed E-state index contributed by atoms with van der Waals surface area (Å²) in [5, 5.41) is 11.0. The molecule has 0 unspecified atom stereocenters. The quantitative estimate of drug-likeness (QED) is 0.902. The van der Waals surface area contributed by atoms with Gasteiger partial charge in [0.05, 0.1) is 12.1 Å². The van der Waals surface area contributed by atoms with Crippen LogP contribution in [0, 0.1) is 6.92 Å². The second-order valence-electron chi connectivity index (χ2n) is 6.59. The first-order valence-electron chi connectivity index (χ1n) is 8.40. The van der Waals surface area contributed by atoms with Crippen molar-refractivity contribution < 1.29 is 9.90 Å². The smallest absolute Gasteiger partial charge is 0.272 e. The molecule has 2 aromatic heterocycles. The van der Waals surface area contributed by atoms with Crippen LogP contribution in [-0.2, 0) is 0 Å². The number of rotatable bonds is 4. The monoisotopic (exact) mass is 341 g/mol. The van der Waals surface area contributed by atoms with Gasteiger partial charge in [-0.15, -0.1) is 0 Å². The highest BCUT2D eigenvalue weighted by atomic mass is 16.3. The number of carbonyl (C=O) groups is 1. The molecule has 1 atom stereocenters. The average molecular weight is 341 g/mol. The van der Waals surface area contributed by atoms with Crippen LogP contribution in [-0.4, -0.2) is 63.1 Å². The fraction of sp³-hybridized carbons (Fsp3) is 0.444. The molecule has 1 N–H and O–H groups in total. The lowest BCUT2D eigenvalue weighted by atomic mass is 9.92. The van der Waals surface area contributed by atoms with Crippen LogP contribution in [0.5, 0.6) is 0 Å². The van der Waals surface area contributed by atoms with Gasteiger partial charge in [-0.2, -0.15) is 0 Å². The first-order chi connectivity index (χ1) is 12.0. The van der Waals surface area contributed by atoms with Crippen molar-refractivity contribution in [1.82, 2.24) is 19.9 Å². The van der Waals surface area contributed by atoms with E-state index in [0.717, 1.165) is 18.8 Å². The van der Waals surface area contributed by atoms with Crippen molar-refractivity contribution in [1.29, 1.82) is 0 Å². The number of aliphatic hydroxyl groups is 1. The number of hydrogen-bond donors (Lipinski definition) is 1. The summed E-state index contributed by atoms with van der Waals surface area (Å²) in [7, 11) is 1.69. The lowest BCUT2D eigenvalue weighted by molar-refractivity contribution is -0.000284. The number of β-amino-alcohol motifs (C(OH)–C–C–N with tert-alkyl or cyclic N) is 1. The Balaban J connectivity index is 1.69. The maximum atomic E-state index is 12.6. The molecule has 0 radical (unpaired) electrons. The third-order valence-electron chi connectivity index (χ3n) is 4.40. The minimum absolute atomic E-state index is 0.214. The zero-order chi connectivity index (χ0) is 17.9. The van der Waals surface area contributed by atoms with Crippen molar-refractivity contribution in [3.63, 3.8) is 0 Å². The molecule has 0 saturated carbocycles. The van der Waals surface area contributed by atoms with Crippen molar-refractivity contribution in [3.05, 3.63) is 48.2 Å². The second-order valence-corrected chi connectivity index (χ2v) is 6.59. The summed E-state index contributed by atoms with van der Waals surface area (Å²) in [4.78, 5) is 28.7. The van der Waals surface area contributed by atoms with Gasteiger partial charge >= 0.3 is 0 Å². The summed E-state index contributed by atoms with van der Waals surface area (Å²) < 4.78 is 0. The van der Waals surface area contributed by atoms with Crippen LogP contribution in [0.2, 0.25) is 0 Å². The molecule has 2 aromatic rings. The summed E-state index contributed by atoms with van der Waals surface area (Å²) in [5.74, 6) is 1.19. The van der Waals surface area contributed by atoms with Crippen LogP contribution < -0.4 is 4.90 Å². The Bertz CT molecular complexity index is 739. The number of carbonyl (C=O) groups excluding carboxylic acids is 1. The zero-order valence-electron chi connectivity index (χ0n) is 14.6. The van der Waals surface area contributed by atoms with Gasteiger partial charge in [0.1, 0.15) is 17.3 Å². The van der Waals surface area contributed by atoms with E-state index >= 15 is 0 Å². The van der Waals surface area contributed by atoms with E-state index in [-0.39, 0.29) is 12.5 Å². The van der Waals surface area contributed by atoms with Crippen molar-refractivity contribution in [2.45, 2.75) is 25.4 Å². The number of likely N-dealkylation sites (N-methyl/N-ethyl adjacent to an activating group) is 1. The van der Waals surface area contributed by atoms with Crippen LogP contribution in [0.15, 0.2) is 36.7 Å². The third-order valence-corrected chi connectivity index (χ3v) is 4.40. The Morgan fingerprint density at radius 2 is 2.16 bits per heavy atom. The average Bonchev–Trinajstić information content (AvgIpc) is 2.61. The number of aromatic nitrogens is 3. The molecule has 0 spiro atoms. The van der Waals surface area contributed by atoms with Gasteiger partial charge in [0.15, 0.2) is 0 Å². The number of aryl methyl sites for hydroxylation is 1. The summed E-state index contributed by atoms with van der Waals surface area (Å²) in [6.45, 7) is 3.29. The molecule has 0 bridgehead atoms. The standard InChI is InChI=1S/C18H23N5O2/c1-14-19-10-7-15(21-14)17(24)22(2)12-18(25)8-5-11-23(13-18)16-6-3-4-9-20-16/h3-4,6-7,9-10,25H,5,8,11-13H2,1-2H3/t18-/m1/s1. The minimum Gasteiger partial charge on any atom is -0.386 e. The SMILES string of the molecule is Cc1nccc(C(=O)N(C)C[C@]2(O)CCCN(c3ccccn3)C2)n1. The van der Waals surface area contributed by atoms with E-state index in [1.54, 1.807) is 32.4 Å². The maximum Gasteiger partial charge on any atom is 0.272 e. The highest BCUT2D eigenvalue weighted by Crippen LogP contribution is 2.25. The molecule has 3 rings (SSSR count). The summed E-state index contributed by atoms with van der Waals surface area (Å²) in [5.41, 5.74) is -0.626. The van der Waals surface area contributed by atoms with Crippen molar-refractivity contribution >= 4 is 11.7 Å². The van der Waals surface area contributed by atoms with Gasteiger partial charge in [-0.25, -0.2) is 15.0 Å². The molecule has 1 amide bonds. The van der Waals surface area contributed by atoms with Gasteiger partial charge in [0.2, 0.25) is 0 Å². The molecule has 1 saturated heterocycles. The molecular formula is C18H23N5O2. The number of piperidine rings is 1. The molecule has 1 aliphatic heterocycles. The van der Waals surface area contributed by atoms with Crippen LogP contribution in [0.1, 0.15) is 29.2 Å². The fourth-order valence-electron chi connectivity index (χ4n) is 3.26. The first kappa shape index (κ1) is 17.3. The molecular weight excluding hydrogens is 318 g/mol. The zero-order valence-corrected chi connectivity index (χ0v) is 14.6. The Hall–Kier alpha value is -2.54. The lowest BCUT2D eigenvalue weighted by Crippen LogP contribution is -2.55. The van der Waals surface area contributed by atoms with E-state index in [0.29, 0.717) is 24.5 Å². The number of hydrogen-bond acceptors (Lipinski definition) is 6. The largest absolute Gasteiger partial charge is 0.386 e. The molecule has 7 heteroatoms. The summed E-state index contributed by atoms with van der Waals surface area (Å²) >= 11 is 0. The van der Waals surface area contributed by atoms with Crippen LogP contribution in [0.4, 0.5) is 5.82 Å². The van der Waals surface area contributed by atoms with Gasteiger partial charge in [-0.1, -0.05) is 6.07 Å². The van der Waals surface area contributed by atoms with E-state index in [9.17, 15) is 9.90 Å². The molecule has 7 nitrogen and oxygen atoms in total. The second kappa shape index (κ2) is 7.14. The van der Waals surface area contributed by atoms with Gasteiger partial charge in [-0.05, 0) is 38.0 Å². The predicted octanol–water partition coefficient (Wildman–Crippen LogP) is 1.28. The minimum atomic E-state index is -0.970. The van der Waals surface area contributed by atoms with Gasteiger partial charge in [0, 0.05) is 32.5 Å². The Labute approximate surface area is 147 Å². The Kier molecular flexibility index (Phi) is 4.94. The predicted molar refractivity (Wildman–Crippen MR) is 94.4 cm³/mol. The van der Waals surface area contributed by atoms with Gasteiger partial charge in [0.25, 0.3) is 5.91 Å². The fourth-order valence-corrected chi connectivity index (χ4v) is 3.26. The molecule has 0 aliphatic carbocycles. The Morgan fingerprint density at radius 3 is 2.88 bits per heavy atom. The van der Waals surface area contributed by atoms with E-state index < -0.39 is 5.60 Å². The van der Waals surface area contributed by atoms with E-state index in [1.807, 2.05) is 18.2 Å².